The van der Waals surface area contributed by atoms with Crippen LogP contribution in [0, 0.1) is 5.82 Å². The number of methoxy groups -OCH3 is 1. The van der Waals surface area contributed by atoms with Crippen molar-refractivity contribution in [3.05, 3.63) is 90.2 Å². The Kier molecular flexibility index (Phi) is 8.65. The van der Waals surface area contributed by atoms with Crippen molar-refractivity contribution < 1.29 is 27.1 Å². The van der Waals surface area contributed by atoms with Gasteiger partial charge in [0.05, 0.1) is 17.7 Å². The zero-order valence-corrected chi connectivity index (χ0v) is 21.0. The molecule has 1 atom stereocenters. The first-order valence-electron chi connectivity index (χ1n) is 11.2. The maximum Gasteiger partial charge on any atom is 0.264 e. The second-order valence-electron chi connectivity index (χ2n) is 7.94. The van der Waals surface area contributed by atoms with Gasteiger partial charge in [-0.25, -0.2) is 12.8 Å². The zero-order valence-electron chi connectivity index (χ0n) is 20.2. The minimum atomic E-state index is -4.31. The Morgan fingerprint density at radius 1 is 0.972 bits per heavy atom. The molecule has 0 spiro atoms. The molecule has 3 aromatic rings. The number of para-hydroxylation sites is 1. The van der Waals surface area contributed by atoms with Crippen LogP contribution in [-0.2, 0) is 26.2 Å². The monoisotopic (exact) mass is 513 g/mol. The first kappa shape index (κ1) is 26.7. The maximum atomic E-state index is 14.8. The molecule has 36 heavy (non-hydrogen) atoms. The Hall–Kier alpha value is -3.92. The second kappa shape index (κ2) is 11.7. The van der Waals surface area contributed by atoms with E-state index in [9.17, 15) is 22.4 Å². The number of amides is 2. The molecule has 8 nitrogen and oxygen atoms in total. The summed E-state index contributed by atoms with van der Waals surface area (Å²) in [5, 5.41) is 2.51. The maximum absolute atomic E-state index is 14.8. The van der Waals surface area contributed by atoms with Gasteiger partial charge in [0.2, 0.25) is 11.8 Å². The first-order chi connectivity index (χ1) is 17.2. The summed E-state index contributed by atoms with van der Waals surface area (Å²) >= 11 is 0. The predicted octanol–water partition coefficient (Wildman–Crippen LogP) is 3.19. The zero-order chi connectivity index (χ0) is 26.3. The average Bonchev–Trinajstić information content (AvgIpc) is 2.90. The Morgan fingerprint density at radius 2 is 1.58 bits per heavy atom. The lowest BCUT2D eigenvalue weighted by Crippen LogP contribution is -2.50. The van der Waals surface area contributed by atoms with Gasteiger partial charge in [-0.3, -0.25) is 13.9 Å². The van der Waals surface area contributed by atoms with E-state index in [0.717, 1.165) is 10.4 Å². The molecule has 2 amide bonds. The van der Waals surface area contributed by atoms with Crippen molar-refractivity contribution in [2.75, 3.05) is 25.0 Å². The number of benzene rings is 3. The van der Waals surface area contributed by atoms with Gasteiger partial charge in [-0.15, -0.1) is 0 Å². The number of hydrogen-bond donors (Lipinski definition) is 1. The Morgan fingerprint density at radius 3 is 2.17 bits per heavy atom. The van der Waals surface area contributed by atoms with Crippen LogP contribution >= 0.6 is 0 Å². The molecule has 10 heteroatoms. The number of likely N-dealkylation sites (N-methyl/N-ethyl adjacent to an activating group) is 1. The summed E-state index contributed by atoms with van der Waals surface area (Å²) in [4.78, 5) is 27.2. The number of ether oxygens (including phenoxy) is 1. The van der Waals surface area contributed by atoms with Gasteiger partial charge in [0.15, 0.2) is 0 Å². The molecular weight excluding hydrogens is 485 g/mol. The fourth-order valence-electron chi connectivity index (χ4n) is 3.61. The third kappa shape index (κ3) is 6.01. The second-order valence-corrected chi connectivity index (χ2v) is 9.80. The highest BCUT2D eigenvalue weighted by Gasteiger charge is 2.33. The van der Waals surface area contributed by atoms with Crippen LogP contribution in [0.4, 0.5) is 10.1 Å². The lowest BCUT2D eigenvalue weighted by atomic mass is 10.1. The highest BCUT2D eigenvalue weighted by molar-refractivity contribution is 7.92. The molecule has 0 saturated heterocycles. The summed E-state index contributed by atoms with van der Waals surface area (Å²) in [6.45, 7) is 0.850. The van der Waals surface area contributed by atoms with Gasteiger partial charge in [-0.1, -0.05) is 42.5 Å². The van der Waals surface area contributed by atoms with E-state index in [0.29, 0.717) is 11.3 Å². The number of halogens is 1. The Balaban J connectivity index is 2.01. The number of hydrogen-bond acceptors (Lipinski definition) is 5. The molecule has 0 radical (unpaired) electrons. The molecule has 0 fully saturated rings. The van der Waals surface area contributed by atoms with Crippen molar-refractivity contribution in [1.82, 2.24) is 10.2 Å². The highest BCUT2D eigenvalue weighted by Crippen LogP contribution is 2.27. The topological polar surface area (TPSA) is 96.0 Å². The summed E-state index contributed by atoms with van der Waals surface area (Å²) in [5.74, 6) is -1.29. The van der Waals surface area contributed by atoms with Crippen molar-refractivity contribution in [2.45, 2.75) is 24.4 Å². The van der Waals surface area contributed by atoms with Gasteiger partial charge < -0.3 is 15.0 Å². The molecule has 0 bridgehead atoms. The molecule has 3 aromatic carbocycles. The minimum absolute atomic E-state index is 0.0217. The third-order valence-corrected chi connectivity index (χ3v) is 7.43. The van der Waals surface area contributed by atoms with E-state index in [1.807, 2.05) is 0 Å². The van der Waals surface area contributed by atoms with E-state index in [1.54, 1.807) is 37.3 Å². The fourth-order valence-corrected chi connectivity index (χ4v) is 5.05. The first-order valence-corrected chi connectivity index (χ1v) is 12.6. The SMILES string of the molecule is CNC(=O)[C@H](C)N(Cc1ccc(OC)cc1)C(=O)CN(c1ccccc1F)S(=O)(=O)c1ccccc1. The number of carbonyl (C=O) groups is 2. The molecule has 0 aliphatic heterocycles. The summed E-state index contributed by atoms with van der Waals surface area (Å²) in [6.07, 6.45) is 0. The molecule has 1 N–H and O–H groups in total. The van der Waals surface area contributed by atoms with Gasteiger partial charge in [0.1, 0.15) is 24.2 Å². The summed E-state index contributed by atoms with van der Waals surface area (Å²) in [7, 11) is -1.33. The lowest BCUT2D eigenvalue weighted by molar-refractivity contribution is -0.139. The van der Waals surface area contributed by atoms with Crippen molar-refractivity contribution >= 4 is 27.5 Å². The van der Waals surface area contributed by atoms with Gasteiger partial charge in [0.25, 0.3) is 10.0 Å². The number of carbonyl (C=O) groups excluding carboxylic acids is 2. The quantitative estimate of drug-likeness (QED) is 0.449. The Bertz CT molecular complexity index is 1300. The molecule has 0 saturated carbocycles. The van der Waals surface area contributed by atoms with E-state index in [-0.39, 0.29) is 17.1 Å². The van der Waals surface area contributed by atoms with Crippen LogP contribution in [0.25, 0.3) is 0 Å². The van der Waals surface area contributed by atoms with Crippen LogP contribution < -0.4 is 14.4 Å². The average molecular weight is 514 g/mol. The highest BCUT2D eigenvalue weighted by atomic mass is 32.2. The number of nitrogens with zero attached hydrogens (tertiary/aromatic N) is 2. The van der Waals surface area contributed by atoms with Gasteiger partial charge >= 0.3 is 0 Å². The number of sulfonamides is 1. The normalized spacial score (nSPS) is 11.9. The van der Waals surface area contributed by atoms with Crippen molar-refractivity contribution in [3.63, 3.8) is 0 Å². The van der Waals surface area contributed by atoms with E-state index in [2.05, 4.69) is 5.32 Å². The molecule has 0 unspecified atom stereocenters. The van der Waals surface area contributed by atoms with Crippen LogP contribution in [-0.4, -0.2) is 51.9 Å². The Labute approximate surface area is 210 Å². The summed E-state index contributed by atoms with van der Waals surface area (Å²) < 4.78 is 47.7. The summed E-state index contributed by atoms with van der Waals surface area (Å²) in [6, 6.07) is 18.8. The van der Waals surface area contributed by atoms with Crippen molar-refractivity contribution in [2.24, 2.45) is 0 Å². The fraction of sp³-hybridized carbons (Fsp3) is 0.231. The number of rotatable bonds is 10. The smallest absolute Gasteiger partial charge is 0.264 e. The minimum Gasteiger partial charge on any atom is -0.497 e. The van der Waals surface area contributed by atoms with E-state index in [1.165, 1.54) is 61.5 Å². The predicted molar refractivity (Wildman–Crippen MR) is 134 cm³/mol. The van der Waals surface area contributed by atoms with Crippen LogP contribution in [0.15, 0.2) is 83.8 Å². The number of anilines is 1. The van der Waals surface area contributed by atoms with Crippen LogP contribution in [0.1, 0.15) is 12.5 Å². The van der Waals surface area contributed by atoms with Crippen LogP contribution in [0.2, 0.25) is 0 Å². The summed E-state index contributed by atoms with van der Waals surface area (Å²) in [5.41, 5.74) is 0.426. The third-order valence-electron chi connectivity index (χ3n) is 5.66. The molecular formula is C26H28FN3O5S. The van der Waals surface area contributed by atoms with E-state index < -0.39 is 40.2 Å². The van der Waals surface area contributed by atoms with Gasteiger partial charge in [-0.2, -0.15) is 0 Å². The van der Waals surface area contributed by atoms with E-state index in [4.69, 9.17) is 4.74 Å². The number of nitrogens with one attached hydrogen (secondary N) is 1. The van der Waals surface area contributed by atoms with Crippen molar-refractivity contribution in [1.29, 1.82) is 0 Å². The van der Waals surface area contributed by atoms with Gasteiger partial charge in [-0.05, 0) is 48.9 Å². The standard InChI is InChI=1S/C26H28FN3O5S/c1-19(26(32)28-2)29(17-20-13-15-21(35-3)16-14-20)25(31)18-30(24-12-8-7-11-23(24)27)36(33,34)22-9-5-4-6-10-22/h4-16,19H,17-18H2,1-3H3,(H,28,32)/t19-/m0/s1. The molecule has 0 aromatic heterocycles. The van der Waals surface area contributed by atoms with E-state index >= 15 is 0 Å². The molecule has 0 aliphatic rings. The molecule has 3 rings (SSSR count). The van der Waals surface area contributed by atoms with Crippen molar-refractivity contribution in [3.8, 4) is 5.75 Å². The lowest BCUT2D eigenvalue weighted by Gasteiger charge is -2.31. The van der Waals surface area contributed by atoms with Crippen LogP contribution in [0.5, 0.6) is 5.75 Å². The molecule has 0 aliphatic carbocycles. The molecule has 0 heterocycles. The largest absolute Gasteiger partial charge is 0.497 e. The van der Waals surface area contributed by atoms with Gasteiger partial charge in [0, 0.05) is 13.6 Å². The molecule has 190 valence electrons. The van der Waals surface area contributed by atoms with Crippen LogP contribution in [0.3, 0.4) is 0 Å².